The van der Waals surface area contributed by atoms with Gasteiger partial charge in [-0.25, -0.2) is 4.98 Å². The number of carbonyl (C=O) groups is 1. The second-order valence-electron chi connectivity index (χ2n) is 4.92. The lowest BCUT2D eigenvalue weighted by Gasteiger charge is -2.14. The van der Waals surface area contributed by atoms with Crippen molar-refractivity contribution in [2.24, 2.45) is 0 Å². The zero-order valence-corrected chi connectivity index (χ0v) is 14.0. The third-order valence-electron chi connectivity index (χ3n) is 3.18. The van der Waals surface area contributed by atoms with Crippen LogP contribution in [-0.2, 0) is 4.79 Å². The number of aromatic nitrogens is 1. The summed E-state index contributed by atoms with van der Waals surface area (Å²) in [6.07, 6.45) is 1.45. The van der Waals surface area contributed by atoms with Crippen molar-refractivity contribution < 1.29 is 4.79 Å². The number of carbonyl (C=O) groups excluding carboxylic acids is 1. The Hall–Kier alpha value is -2.65. The Morgan fingerprint density at radius 3 is 2.65 bits per heavy atom. The van der Waals surface area contributed by atoms with Crippen LogP contribution in [0.3, 0.4) is 0 Å². The predicted molar refractivity (Wildman–Crippen MR) is 92.9 cm³/mol. The fourth-order valence-corrected chi connectivity index (χ4v) is 2.30. The molecule has 116 valence electrons. The fraction of sp³-hybridized carbons (Fsp3) is 0.118. The zero-order valence-electron chi connectivity index (χ0n) is 12.5. The third-order valence-corrected chi connectivity index (χ3v) is 3.62. The molecule has 0 unspecified atom stereocenters. The summed E-state index contributed by atoms with van der Waals surface area (Å²) in [6, 6.07) is 14.2. The Labute approximate surface area is 143 Å². The second kappa shape index (κ2) is 7.56. The van der Waals surface area contributed by atoms with Crippen LogP contribution in [-0.4, -0.2) is 10.9 Å². The number of hydrogen-bond donors (Lipinski definition) is 2. The average molecular weight is 371 g/mol. The molecule has 0 aliphatic rings. The lowest BCUT2D eigenvalue weighted by molar-refractivity contribution is -0.117. The number of amides is 1. The number of nitrogen functional groups attached to an aromatic ring is 1. The molecule has 2 rings (SSSR count). The molecule has 6 heteroatoms. The number of nitrogens with one attached hydrogen (secondary N) is 1. The van der Waals surface area contributed by atoms with E-state index in [0.717, 1.165) is 5.56 Å². The van der Waals surface area contributed by atoms with E-state index in [0.29, 0.717) is 16.0 Å². The highest BCUT2D eigenvalue weighted by atomic mass is 79.9. The molecule has 0 saturated carbocycles. The molecule has 5 nitrogen and oxygen atoms in total. The number of pyridine rings is 1. The summed E-state index contributed by atoms with van der Waals surface area (Å²) in [6.45, 7) is 1.84. The minimum absolute atomic E-state index is 0.00195. The Morgan fingerprint density at radius 2 is 2.04 bits per heavy atom. The molecule has 2 aromatic rings. The van der Waals surface area contributed by atoms with E-state index >= 15 is 0 Å². The number of nitrogens with two attached hydrogens (primary N) is 1. The number of nitrogens with zero attached hydrogens (tertiary/aromatic N) is 2. The maximum absolute atomic E-state index is 12.2. The Bertz CT molecular complexity index is 778. The summed E-state index contributed by atoms with van der Waals surface area (Å²) in [5.74, 6) is -0.446. The van der Waals surface area contributed by atoms with Gasteiger partial charge in [0.15, 0.2) is 0 Å². The minimum Gasteiger partial charge on any atom is -0.399 e. The van der Waals surface area contributed by atoms with Crippen molar-refractivity contribution in [3.05, 3.63) is 63.9 Å². The molecule has 3 N–H and O–H groups in total. The summed E-state index contributed by atoms with van der Waals surface area (Å²) in [5.41, 5.74) is 7.74. The Kier molecular flexibility index (Phi) is 5.50. The van der Waals surface area contributed by atoms with Gasteiger partial charge in [-0.15, -0.1) is 0 Å². The van der Waals surface area contributed by atoms with Crippen LogP contribution in [0.1, 0.15) is 24.2 Å². The standard InChI is InChI=1S/C17H15BrN4O/c1-11(12-5-7-14(20)8-6-12)21-17(23)13(10-19)9-15-3-2-4-16(18)22-15/h2-9,11H,20H2,1H3,(H,21,23)/b13-9+/t11-/m0/s1. The van der Waals surface area contributed by atoms with Gasteiger partial charge in [-0.1, -0.05) is 18.2 Å². The van der Waals surface area contributed by atoms with E-state index in [-0.39, 0.29) is 11.6 Å². The summed E-state index contributed by atoms with van der Waals surface area (Å²) >= 11 is 3.25. The van der Waals surface area contributed by atoms with Crippen LogP contribution in [0, 0.1) is 11.3 Å². The molecule has 1 aromatic heterocycles. The maximum Gasteiger partial charge on any atom is 0.262 e. The molecule has 0 spiro atoms. The van der Waals surface area contributed by atoms with Gasteiger partial charge in [0.25, 0.3) is 5.91 Å². The van der Waals surface area contributed by atoms with Crippen molar-refractivity contribution in [3.8, 4) is 6.07 Å². The van der Waals surface area contributed by atoms with Crippen molar-refractivity contribution in [1.29, 1.82) is 5.26 Å². The van der Waals surface area contributed by atoms with Gasteiger partial charge in [0, 0.05) is 5.69 Å². The van der Waals surface area contributed by atoms with E-state index < -0.39 is 5.91 Å². The molecular weight excluding hydrogens is 356 g/mol. The van der Waals surface area contributed by atoms with Crippen molar-refractivity contribution in [2.45, 2.75) is 13.0 Å². The van der Waals surface area contributed by atoms with E-state index in [1.54, 1.807) is 30.3 Å². The molecule has 1 amide bonds. The lowest BCUT2D eigenvalue weighted by Crippen LogP contribution is -2.27. The first-order valence-electron chi connectivity index (χ1n) is 6.90. The fourth-order valence-electron chi connectivity index (χ4n) is 1.94. The number of hydrogen-bond acceptors (Lipinski definition) is 4. The highest BCUT2D eigenvalue weighted by Crippen LogP contribution is 2.15. The Morgan fingerprint density at radius 1 is 1.35 bits per heavy atom. The SMILES string of the molecule is C[C@H](NC(=O)/C(C#N)=C/c1cccc(Br)n1)c1ccc(N)cc1. The monoisotopic (exact) mass is 370 g/mol. The molecule has 1 aromatic carbocycles. The number of nitriles is 1. The second-order valence-corrected chi connectivity index (χ2v) is 5.73. The smallest absolute Gasteiger partial charge is 0.262 e. The first kappa shape index (κ1) is 16.7. The van der Waals surface area contributed by atoms with E-state index in [1.807, 2.05) is 25.1 Å². The molecule has 1 atom stereocenters. The molecule has 1 heterocycles. The van der Waals surface area contributed by atoms with E-state index in [1.165, 1.54) is 6.08 Å². The maximum atomic E-state index is 12.2. The van der Waals surface area contributed by atoms with Crippen molar-refractivity contribution in [2.75, 3.05) is 5.73 Å². The third kappa shape index (κ3) is 4.66. The molecule has 23 heavy (non-hydrogen) atoms. The first-order chi connectivity index (χ1) is 11.0. The Balaban J connectivity index is 2.14. The normalized spacial score (nSPS) is 12.3. The van der Waals surface area contributed by atoms with Crippen LogP contribution in [0.5, 0.6) is 0 Å². The molecule has 0 radical (unpaired) electrons. The summed E-state index contributed by atoms with van der Waals surface area (Å²) in [4.78, 5) is 16.4. The van der Waals surface area contributed by atoms with Crippen LogP contribution in [0.2, 0.25) is 0 Å². The molecule has 0 fully saturated rings. The number of benzene rings is 1. The topological polar surface area (TPSA) is 91.8 Å². The van der Waals surface area contributed by atoms with Gasteiger partial charge in [-0.05, 0) is 58.8 Å². The van der Waals surface area contributed by atoms with Gasteiger partial charge >= 0.3 is 0 Å². The number of halogens is 1. The van der Waals surface area contributed by atoms with Gasteiger partial charge in [0.2, 0.25) is 0 Å². The molecule has 0 saturated heterocycles. The van der Waals surface area contributed by atoms with Crippen molar-refractivity contribution >= 4 is 33.6 Å². The van der Waals surface area contributed by atoms with Gasteiger partial charge < -0.3 is 11.1 Å². The van der Waals surface area contributed by atoms with Crippen LogP contribution in [0.25, 0.3) is 6.08 Å². The van der Waals surface area contributed by atoms with Crippen LogP contribution in [0.4, 0.5) is 5.69 Å². The lowest BCUT2D eigenvalue weighted by atomic mass is 10.1. The van der Waals surface area contributed by atoms with Crippen LogP contribution in [0.15, 0.2) is 52.6 Å². The van der Waals surface area contributed by atoms with Gasteiger partial charge in [-0.3, -0.25) is 4.79 Å². The van der Waals surface area contributed by atoms with E-state index in [9.17, 15) is 10.1 Å². The van der Waals surface area contributed by atoms with Crippen LogP contribution < -0.4 is 11.1 Å². The molecule has 0 bridgehead atoms. The molecule has 0 aliphatic heterocycles. The molecule has 0 aliphatic carbocycles. The zero-order chi connectivity index (χ0) is 16.8. The summed E-state index contributed by atoms with van der Waals surface area (Å²) < 4.78 is 0.638. The van der Waals surface area contributed by atoms with Crippen molar-refractivity contribution in [3.63, 3.8) is 0 Å². The van der Waals surface area contributed by atoms with Gasteiger partial charge in [-0.2, -0.15) is 5.26 Å². The summed E-state index contributed by atoms with van der Waals surface area (Å²) in [5, 5.41) is 12.0. The number of anilines is 1. The van der Waals surface area contributed by atoms with E-state index in [4.69, 9.17) is 5.73 Å². The predicted octanol–water partition coefficient (Wildman–Crippen LogP) is 3.21. The minimum atomic E-state index is -0.446. The largest absolute Gasteiger partial charge is 0.399 e. The van der Waals surface area contributed by atoms with Gasteiger partial charge in [0.05, 0.1) is 11.7 Å². The van der Waals surface area contributed by atoms with Gasteiger partial charge in [0.1, 0.15) is 16.2 Å². The van der Waals surface area contributed by atoms with Crippen molar-refractivity contribution in [1.82, 2.24) is 10.3 Å². The summed E-state index contributed by atoms with van der Waals surface area (Å²) in [7, 11) is 0. The quantitative estimate of drug-likeness (QED) is 0.374. The van der Waals surface area contributed by atoms with E-state index in [2.05, 4.69) is 26.2 Å². The van der Waals surface area contributed by atoms with Crippen LogP contribution >= 0.6 is 15.9 Å². The highest BCUT2D eigenvalue weighted by Gasteiger charge is 2.14. The number of rotatable bonds is 4. The highest BCUT2D eigenvalue weighted by molar-refractivity contribution is 9.10. The average Bonchev–Trinajstić information content (AvgIpc) is 2.53. The first-order valence-corrected chi connectivity index (χ1v) is 7.69. The molecular formula is C17H15BrN4O.